The van der Waals surface area contributed by atoms with Crippen LogP contribution in [0, 0.1) is 6.92 Å². The highest BCUT2D eigenvalue weighted by atomic mass is 16.2. The highest BCUT2D eigenvalue weighted by Gasteiger charge is 2.41. The maximum atomic E-state index is 13.8. The maximum Gasteiger partial charge on any atom is 0.259 e. The van der Waals surface area contributed by atoms with Crippen LogP contribution in [-0.2, 0) is 7.05 Å². The minimum absolute atomic E-state index is 0.0476. The van der Waals surface area contributed by atoms with E-state index < -0.39 is 0 Å². The van der Waals surface area contributed by atoms with Gasteiger partial charge in [0.15, 0.2) is 0 Å². The second kappa shape index (κ2) is 7.49. The first-order valence-electron chi connectivity index (χ1n) is 11.3. The van der Waals surface area contributed by atoms with Gasteiger partial charge in [-0.2, -0.15) is 0 Å². The molecule has 1 aliphatic rings. The van der Waals surface area contributed by atoms with E-state index >= 15 is 0 Å². The monoisotopic (exact) mass is 428 g/mol. The van der Waals surface area contributed by atoms with E-state index in [1.165, 1.54) is 10.9 Å². The molecule has 1 aliphatic heterocycles. The van der Waals surface area contributed by atoms with Crippen LogP contribution in [0.3, 0.4) is 0 Å². The highest BCUT2D eigenvalue weighted by Crippen LogP contribution is 2.48. The fourth-order valence-electron chi connectivity index (χ4n) is 5.22. The van der Waals surface area contributed by atoms with Crippen LogP contribution in [0.4, 0.5) is 5.69 Å². The molecule has 0 spiro atoms. The molecule has 4 aromatic carbocycles. The smallest absolute Gasteiger partial charge is 0.259 e. The lowest BCUT2D eigenvalue weighted by Crippen LogP contribution is -2.28. The summed E-state index contributed by atoms with van der Waals surface area (Å²) in [6.07, 6.45) is 0. The minimum Gasteiger partial charge on any atom is -0.343 e. The first-order chi connectivity index (χ1) is 16.1. The van der Waals surface area contributed by atoms with Gasteiger partial charge in [0.1, 0.15) is 0 Å². The predicted octanol–water partition coefficient (Wildman–Crippen LogP) is 6.90. The molecule has 160 valence electrons. The minimum atomic E-state index is -0.210. The third kappa shape index (κ3) is 2.93. The van der Waals surface area contributed by atoms with Crippen molar-refractivity contribution in [3.8, 4) is 11.3 Å². The third-order valence-corrected chi connectivity index (χ3v) is 6.74. The third-order valence-electron chi connectivity index (χ3n) is 6.74. The molecule has 3 nitrogen and oxygen atoms in total. The molecule has 6 rings (SSSR count). The Morgan fingerprint density at radius 1 is 0.727 bits per heavy atom. The summed E-state index contributed by atoms with van der Waals surface area (Å²) in [5, 5.41) is 1.17. The number of rotatable bonds is 3. The van der Waals surface area contributed by atoms with Crippen LogP contribution in [0.1, 0.15) is 33.1 Å². The van der Waals surface area contributed by atoms with Gasteiger partial charge in [0.25, 0.3) is 5.91 Å². The van der Waals surface area contributed by atoms with Gasteiger partial charge in [0.2, 0.25) is 0 Å². The Balaban J connectivity index is 1.70. The lowest BCUT2D eigenvalue weighted by molar-refractivity contribution is 0.0993. The fourth-order valence-corrected chi connectivity index (χ4v) is 5.22. The SMILES string of the molecule is Cc1ccc(N2C(=O)c3ccccc3C2c2c(-c3ccccc3)n(C)c3ccccc23)cc1. The Hall–Kier alpha value is -4.11. The number of anilines is 1. The number of nitrogens with zero attached hydrogens (tertiary/aromatic N) is 2. The predicted molar refractivity (Wildman–Crippen MR) is 135 cm³/mol. The first kappa shape index (κ1) is 19.6. The fraction of sp³-hybridized carbons (Fsp3) is 0.100. The second-order valence-corrected chi connectivity index (χ2v) is 8.70. The Morgan fingerprint density at radius 3 is 2.18 bits per heavy atom. The second-order valence-electron chi connectivity index (χ2n) is 8.70. The molecule has 0 aliphatic carbocycles. The molecule has 3 heteroatoms. The molecule has 2 heterocycles. The van der Waals surface area contributed by atoms with E-state index in [1.807, 2.05) is 29.2 Å². The number of hydrogen-bond acceptors (Lipinski definition) is 1. The van der Waals surface area contributed by atoms with E-state index in [0.717, 1.165) is 39.2 Å². The maximum absolute atomic E-state index is 13.8. The summed E-state index contributed by atoms with van der Waals surface area (Å²) in [5.74, 6) is 0.0476. The molecule has 1 aromatic heterocycles. The summed E-state index contributed by atoms with van der Waals surface area (Å²) in [6.45, 7) is 2.07. The topological polar surface area (TPSA) is 25.2 Å². The number of carbonyl (C=O) groups excluding carboxylic acids is 1. The number of carbonyl (C=O) groups is 1. The van der Waals surface area contributed by atoms with Crippen molar-refractivity contribution in [1.82, 2.24) is 4.57 Å². The molecule has 0 saturated heterocycles. The van der Waals surface area contributed by atoms with E-state index in [0.29, 0.717) is 0 Å². The standard InChI is InChI=1S/C30H24N2O/c1-20-16-18-22(19-17-20)32-29(23-12-6-7-13-24(23)30(32)33)27-25-14-8-9-15-26(25)31(2)28(27)21-10-4-3-5-11-21/h3-19,29H,1-2H3. The number of hydrogen-bond donors (Lipinski definition) is 0. The number of benzene rings is 4. The number of para-hydroxylation sites is 1. The van der Waals surface area contributed by atoms with E-state index in [2.05, 4.69) is 97.4 Å². The summed E-state index contributed by atoms with van der Waals surface area (Å²) < 4.78 is 2.26. The first-order valence-corrected chi connectivity index (χ1v) is 11.3. The van der Waals surface area contributed by atoms with Gasteiger partial charge in [-0.3, -0.25) is 9.69 Å². The van der Waals surface area contributed by atoms with E-state index in [-0.39, 0.29) is 11.9 Å². The van der Waals surface area contributed by atoms with Gasteiger partial charge < -0.3 is 4.57 Å². The zero-order valence-electron chi connectivity index (χ0n) is 18.7. The summed E-state index contributed by atoms with van der Waals surface area (Å²) in [7, 11) is 2.12. The average molecular weight is 429 g/mol. The average Bonchev–Trinajstić information content (AvgIpc) is 3.31. The number of aromatic nitrogens is 1. The largest absolute Gasteiger partial charge is 0.343 e. The van der Waals surface area contributed by atoms with Gasteiger partial charge in [-0.25, -0.2) is 0 Å². The molecule has 0 bridgehead atoms. The van der Waals surface area contributed by atoms with Crippen molar-refractivity contribution in [1.29, 1.82) is 0 Å². The van der Waals surface area contributed by atoms with Crippen LogP contribution in [0.25, 0.3) is 22.2 Å². The Labute approximate surface area is 193 Å². The van der Waals surface area contributed by atoms with Crippen molar-refractivity contribution >= 4 is 22.5 Å². The highest BCUT2D eigenvalue weighted by molar-refractivity contribution is 6.13. The van der Waals surface area contributed by atoms with Crippen molar-refractivity contribution in [3.63, 3.8) is 0 Å². The van der Waals surface area contributed by atoms with Crippen LogP contribution in [-0.4, -0.2) is 10.5 Å². The van der Waals surface area contributed by atoms with Gasteiger partial charge in [0, 0.05) is 34.8 Å². The van der Waals surface area contributed by atoms with E-state index in [9.17, 15) is 4.79 Å². The lowest BCUT2D eigenvalue weighted by Gasteiger charge is -2.27. The van der Waals surface area contributed by atoms with Gasteiger partial charge >= 0.3 is 0 Å². The molecule has 0 saturated carbocycles. The molecule has 0 fully saturated rings. The molecule has 1 amide bonds. The van der Waals surface area contributed by atoms with Gasteiger partial charge in [-0.1, -0.05) is 84.4 Å². The van der Waals surface area contributed by atoms with Crippen LogP contribution in [0.15, 0.2) is 103 Å². The Morgan fingerprint density at radius 2 is 1.39 bits per heavy atom. The van der Waals surface area contributed by atoms with Gasteiger partial charge in [-0.15, -0.1) is 0 Å². The van der Waals surface area contributed by atoms with Crippen molar-refractivity contribution in [2.24, 2.45) is 7.05 Å². The summed E-state index contributed by atoms with van der Waals surface area (Å²) in [6, 6.07) is 35.1. The molecule has 33 heavy (non-hydrogen) atoms. The molecule has 0 N–H and O–H groups in total. The van der Waals surface area contributed by atoms with E-state index in [1.54, 1.807) is 0 Å². The lowest BCUT2D eigenvalue weighted by atomic mass is 9.93. The molecule has 5 aromatic rings. The van der Waals surface area contributed by atoms with E-state index in [4.69, 9.17) is 0 Å². The zero-order chi connectivity index (χ0) is 22.5. The quantitative estimate of drug-likeness (QED) is 0.307. The van der Waals surface area contributed by atoms with Crippen LogP contribution >= 0.6 is 0 Å². The molecule has 1 atom stereocenters. The molecule has 1 unspecified atom stereocenters. The van der Waals surface area contributed by atoms with Crippen molar-refractivity contribution in [3.05, 3.63) is 125 Å². The molecule has 0 radical (unpaired) electrons. The van der Waals surface area contributed by atoms with Crippen molar-refractivity contribution < 1.29 is 4.79 Å². The Kier molecular flexibility index (Phi) is 4.44. The Bertz CT molecular complexity index is 1500. The summed E-state index contributed by atoms with van der Waals surface area (Å²) in [4.78, 5) is 15.7. The zero-order valence-corrected chi connectivity index (χ0v) is 18.7. The number of fused-ring (bicyclic) bond motifs is 2. The summed E-state index contributed by atoms with van der Waals surface area (Å²) >= 11 is 0. The molecular weight excluding hydrogens is 404 g/mol. The normalized spacial score (nSPS) is 15.3. The van der Waals surface area contributed by atoms with Gasteiger partial charge in [-0.05, 0) is 42.3 Å². The van der Waals surface area contributed by atoms with Crippen LogP contribution in [0.5, 0.6) is 0 Å². The van der Waals surface area contributed by atoms with Crippen molar-refractivity contribution in [2.45, 2.75) is 13.0 Å². The molecular formula is C30H24N2O. The number of aryl methyl sites for hydroxylation is 2. The van der Waals surface area contributed by atoms with Crippen molar-refractivity contribution in [2.75, 3.05) is 4.90 Å². The summed E-state index contributed by atoms with van der Waals surface area (Å²) in [5.41, 5.74) is 8.53. The van der Waals surface area contributed by atoms with Crippen LogP contribution in [0.2, 0.25) is 0 Å². The van der Waals surface area contributed by atoms with Crippen LogP contribution < -0.4 is 4.90 Å². The van der Waals surface area contributed by atoms with Gasteiger partial charge in [0.05, 0.1) is 11.7 Å². The number of amides is 1.